The first-order valence-electron chi connectivity index (χ1n) is 2.77. The van der Waals surface area contributed by atoms with Gasteiger partial charge in [0.2, 0.25) is 0 Å². The van der Waals surface area contributed by atoms with Crippen molar-refractivity contribution < 1.29 is 5.11 Å². The third kappa shape index (κ3) is 1.78. The van der Waals surface area contributed by atoms with Gasteiger partial charge in [-0.25, -0.2) is 0 Å². The lowest BCUT2D eigenvalue weighted by Gasteiger charge is -2.24. The molecule has 0 aliphatic heterocycles. The highest BCUT2D eigenvalue weighted by molar-refractivity contribution is 4.77. The van der Waals surface area contributed by atoms with Gasteiger partial charge in [-0.2, -0.15) is 0 Å². The lowest BCUT2D eigenvalue weighted by atomic mass is 10.1. The van der Waals surface area contributed by atoms with E-state index in [9.17, 15) is 0 Å². The molecule has 0 heterocycles. The summed E-state index contributed by atoms with van der Waals surface area (Å²) in [5.74, 6) is 0. The molecule has 0 bridgehead atoms. The van der Waals surface area contributed by atoms with Crippen molar-refractivity contribution in [2.45, 2.75) is 32.0 Å². The summed E-state index contributed by atoms with van der Waals surface area (Å²) in [6, 6.07) is -0.354. The molecule has 5 N–H and O–H groups in total. The Kier molecular flexibility index (Phi) is 2.40. The number of rotatable bonds is 2. The van der Waals surface area contributed by atoms with E-state index < -0.39 is 5.72 Å². The maximum atomic E-state index is 9.05. The van der Waals surface area contributed by atoms with Crippen LogP contribution in [-0.2, 0) is 0 Å². The summed E-state index contributed by atoms with van der Waals surface area (Å²) in [6.07, 6.45) is 0.491. The predicted octanol–water partition coefficient (Wildman–Crippen LogP) is -0.609. The molecular weight excluding hydrogens is 104 g/mol. The molecular formula is C5H14N2O. The zero-order valence-electron chi connectivity index (χ0n) is 5.39. The summed E-state index contributed by atoms with van der Waals surface area (Å²) in [5, 5.41) is 9.05. The summed E-state index contributed by atoms with van der Waals surface area (Å²) in [5.41, 5.74) is 9.41. The number of nitrogens with two attached hydrogens (primary N) is 2. The Labute approximate surface area is 49.7 Å². The largest absolute Gasteiger partial charge is 0.374 e. The van der Waals surface area contributed by atoms with Crippen molar-refractivity contribution in [3.63, 3.8) is 0 Å². The van der Waals surface area contributed by atoms with Crippen molar-refractivity contribution >= 4 is 0 Å². The molecule has 0 fully saturated rings. The standard InChI is InChI=1S/C5H14N2O/c1-3-5(7,8)4(2)6/h4,8H,3,6-7H2,1-2H3. The molecule has 8 heavy (non-hydrogen) atoms. The number of hydrogen-bond donors (Lipinski definition) is 3. The fourth-order valence-corrected chi connectivity index (χ4v) is 0.322. The van der Waals surface area contributed by atoms with E-state index >= 15 is 0 Å². The Morgan fingerprint density at radius 2 is 2.12 bits per heavy atom. The summed E-state index contributed by atoms with van der Waals surface area (Å²) >= 11 is 0. The highest BCUT2D eigenvalue weighted by Crippen LogP contribution is 2.03. The van der Waals surface area contributed by atoms with Crippen LogP contribution in [0.5, 0.6) is 0 Å². The summed E-state index contributed by atoms with van der Waals surface area (Å²) < 4.78 is 0. The first-order chi connectivity index (χ1) is 3.50. The van der Waals surface area contributed by atoms with Gasteiger partial charge in [-0.15, -0.1) is 0 Å². The minimum absolute atomic E-state index is 0.354. The highest BCUT2D eigenvalue weighted by atomic mass is 16.3. The van der Waals surface area contributed by atoms with Crippen LogP contribution in [0.15, 0.2) is 0 Å². The van der Waals surface area contributed by atoms with Crippen LogP contribution in [0, 0.1) is 0 Å². The number of hydrogen-bond acceptors (Lipinski definition) is 3. The molecule has 0 saturated heterocycles. The van der Waals surface area contributed by atoms with Gasteiger partial charge < -0.3 is 16.6 Å². The van der Waals surface area contributed by atoms with Gasteiger partial charge >= 0.3 is 0 Å². The van der Waals surface area contributed by atoms with Gasteiger partial charge in [-0.05, 0) is 13.3 Å². The van der Waals surface area contributed by atoms with E-state index in [0.29, 0.717) is 6.42 Å². The quantitative estimate of drug-likeness (QED) is 0.423. The Balaban J connectivity index is 3.71. The first-order valence-corrected chi connectivity index (χ1v) is 2.77. The van der Waals surface area contributed by atoms with E-state index in [4.69, 9.17) is 16.6 Å². The maximum absolute atomic E-state index is 9.05. The predicted molar refractivity (Wildman–Crippen MR) is 33.1 cm³/mol. The SMILES string of the molecule is CCC(N)(O)C(C)N. The maximum Gasteiger partial charge on any atom is 0.128 e. The average Bonchev–Trinajstić information content (AvgIpc) is 1.67. The van der Waals surface area contributed by atoms with Gasteiger partial charge in [-0.3, -0.25) is 0 Å². The van der Waals surface area contributed by atoms with Crippen LogP contribution in [0.25, 0.3) is 0 Å². The number of aliphatic hydroxyl groups is 1. The Morgan fingerprint density at radius 1 is 1.75 bits per heavy atom. The van der Waals surface area contributed by atoms with E-state index in [1.165, 1.54) is 0 Å². The van der Waals surface area contributed by atoms with Crippen molar-refractivity contribution in [3.8, 4) is 0 Å². The molecule has 0 aromatic carbocycles. The topological polar surface area (TPSA) is 72.3 Å². The minimum Gasteiger partial charge on any atom is -0.374 e. The van der Waals surface area contributed by atoms with Crippen LogP contribution >= 0.6 is 0 Å². The van der Waals surface area contributed by atoms with E-state index in [1.54, 1.807) is 13.8 Å². The average molecular weight is 118 g/mol. The molecule has 0 aromatic rings. The van der Waals surface area contributed by atoms with Crippen LogP contribution in [0.1, 0.15) is 20.3 Å². The summed E-state index contributed by atoms with van der Waals surface area (Å²) in [7, 11) is 0. The highest BCUT2D eigenvalue weighted by Gasteiger charge is 2.22. The summed E-state index contributed by atoms with van der Waals surface area (Å²) in [6.45, 7) is 3.48. The molecule has 0 amide bonds. The van der Waals surface area contributed by atoms with Gasteiger partial charge in [0.15, 0.2) is 0 Å². The van der Waals surface area contributed by atoms with Crippen molar-refractivity contribution in [1.82, 2.24) is 0 Å². The molecule has 3 nitrogen and oxygen atoms in total. The zero-order chi connectivity index (χ0) is 6.78. The normalized spacial score (nSPS) is 22.1. The van der Waals surface area contributed by atoms with E-state index in [-0.39, 0.29) is 6.04 Å². The molecule has 50 valence electrons. The third-order valence-electron chi connectivity index (χ3n) is 1.35. The van der Waals surface area contributed by atoms with Crippen LogP contribution in [0.2, 0.25) is 0 Å². The van der Waals surface area contributed by atoms with Gasteiger partial charge in [-0.1, -0.05) is 6.92 Å². The molecule has 0 rings (SSSR count). The fraction of sp³-hybridized carbons (Fsp3) is 1.00. The van der Waals surface area contributed by atoms with Crippen molar-refractivity contribution in [2.75, 3.05) is 0 Å². The molecule has 0 radical (unpaired) electrons. The Bertz CT molecular complexity index is 70.8. The molecule has 2 atom stereocenters. The zero-order valence-corrected chi connectivity index (χ0v) is 5.39. The molecule has 0 saturated carbocycles. The fourth-order valence-electron chi connectivity index (χ4n) is 0.322. The van der Waals surface area contributed by atoms with Crippen molar-refractivity contribution in [2.24, 2.45) is 11.5 Å². The smallest absolute Gasteiger partial charge is 0.128 e. The van der Waals surface area contributed by atoms with Gasteiger partial charge in [0, 0.05) is 6.04 Å². The Hall–Kier alpha value is -0.120. The lowest BCUT2D eigenvalue weighted by molar-refractivity contribution is 0.0220. The molecule has 0 spiro atoms. The third-order valence-corrected chi connectivity index (χ3v) is 1.35. The van der Waals surface area contributed by atoms with Crippen molar-refractivity contribution in [1.29, 1.82) is 0 Å². The van der Waals surface area contributed by atoms with Crippen LogP contribution in [0.3, 0.4) is 0 Å². The molecule has 3 heteroatoms. The van der Waals surface area contributed by atoms with E-state index in [1.807, 2.05) is 0 Å². The van der Waals surface area contributed by atoms with Crippen LogP contribution in [-0.4, -0.2) is 16.9 Å². The van der Waals surface area contributed by atoms with Crippen molar-refractivity contribution in [3.05, 3.63) is 0 Å². The molecule has 0 aromatic heterocycles. The monoisotopic (exact) mass is 118 g/mol. The first kappa shape index (κ1) is 7.88. The minimum atomic E-state index is -1.18. The second kappa shape index (κ2) is 2.44. The summed E-state index contributed by atoms with van der Waals surface area (Å²) in [4.78, 5) is 0. The van der Waals surface area contributed by atoms with Crippen LogP contribution < -0.4 is 11.5 Å². The van der Waals surface area contributed by atoms with Gasteiger partial charge in [0.05, 0.1) is 0 Å². The molecule has 2 unspecified atom stereocenters. The van der Waals surface area contributed by atoms with E-state index in [2.05, 4.69) is 0 Å². The molecule has 0 aliphatic carbocycles. The van der Waals surface area contributed by atoms with Gasteiger partial charge in [0.1, 0.15) is 5.72 Å². The lowest BCUT2D eigenvalue weighted by Crippen LogP contribution is -2.53. The molecule has 0 aliphatic rings. The Morgan fingerprint density at radius 3 is 2.12 bits per heavy atom. The van der Waals surface area contributed by atoms with Gasteiger partial charge in [0.25, 0.3) is 0 Å². The van der Waals surface area contributed by atoms with E-state index in [0.717, 1.165) is 0 Å². The second-order valence-electron chi connectivity index (χ2n) is 2.13. The second-order valence-corrected chi connectivity index (χ2v) is 2.13. The van der Waals surface area contributed by atoms with Crippen LogP contribution in [0.4, 0.5) is 0 Å².